The van der Waals surface area contributed by atoms with Crippen molar-refractivity contribution >= 4 is 34.4 Å². The van der Waals surface area contributed by atoms with Gasteiger partial charge >= 0.3 is 0 Å². The molecule has 0 aliphatic heterocycles. The fourth-order valence-electron chi connectivity index (χ4n) is 1.70. The predicted octanol–water partition coefficient (Wildman–Crippen LogP) is 3.98. The van der Waals surface area contributed by atoms with Crippen LogP contribution < -0.4 is 0 Å². The topological polar surface area (TPSA) is 59.1 Å². The van der Waals surface area contributed by atoms with E-state index in [-0.39, 0.29) is 10.6 Å². The standard InChI is InChI=1S/C13H8BrFN4OS/c14-9-3-4-10(15)8(6-9)7-16-19-12(17-18-13(19)21)11-2-1-5-20-11/h1-7H,(H,18,21). The molecule has 3 rings (SSSR count). The number of hydrogen-bond acceptors (Lipinski definition) is 4. The number of halogens is 2. The van der Waals surface area contributed by atoms with E-state index in [4.69, 9.17) is 16.6 Å². The van der Waals surface area contributed by atoms with E-state index in [1.165, 1.54) is 23.2 Å². The second kappa shape index (κ2) is 5.74. The highest BCUT2D eigenvalue weighted by atomic mass is 79.9. The summed E-state index contributed by atoms with van der Waals surface area (Å²) in [5.74, 6) is 0.544. The lowest BCUT2D eigenvalue weighted by molar-refractivity contribution is 0.573. The maximum atomic E-state index is 13.7. The third-order valence-corrected chi connectivity index (χ3v) is 3.42. The van der Waals surface area contributed by atoms with Crippen LogP contribution in [0.3, 0.4) is 0 Å². The van der Waals surface area contributed by atoms with Crippen LogP contribution in [-0.2, 0) is 0 Å². The van der Waals surface area contributed by atoms with Gasteiger partial charge in [0.2, 0.25) is 10.6 Å². The first-order chi connectivity index (χ1) is 10.1. The molecular formula is C13H8BrFN4OS. The zero-order valence-electron chi connectivity index (χ0n) is 10.5. The van der Waals surface area contributed by atoms with Crippen molar-refractivity contribution in [3.8, 4) is 11.6 Å². The Balaban J connectivity index is 2.02. The molecule has 0 unspecified atom stereocenters. The zero-order valence-corrected chi connectivity index (χ0v) is 12.9. The number of furan rings is 1. The maximum Gasteiger partial charge on any atom is 0.219 e. The van der Waals surface area contributed by atoms with Crippen molar-refractivity contribution in [2.24, 2.45) is 5.10 Å². The van der Waals surface area contributed by atoms with Crippen LogP contribution in [0.5, 0.6) is 0 Å². The van der Waals surface area contributed by atoms with E-state index < -0.39 is 0 Å². The second-order valence-corrected chi connectivity index (χ2v) is 5.35. The molecule has 0 saturated heterocycles. The summed E-state index contributed by atoms with van der Waals surface area (Å²) in [5, 5.41) is 10.8. The first kappa shape index (κ1) is 13.9. The van der Waals surface area contributed by atoms with E-state index in [1.807, 2.05) is 0 Å². The van der Waals surface area contributed by atoms with E-state index >= 15 is 0 Å². The highest BCUT2D eigenvalue weighted by Crippen LogP contribution is 2.18. The molecule has 3 aromatic rings. The van der Waals surface area contributed by atoms with Crippen LogP contribution in [0.1, 0.15) is 5.56 Å². The number of rotatable bonds is 3. The SMILES string of the molecule is Fc1ccc(Br)cc1C=Nn1c(-c2ccco2)n[nH]c1=S. The molecule has 5 nitrogen and oxygen atoms in total. The van der Waals surface area contributed by atoms with Crippen LogP contribution in [0.25, 0.3) is 11.6 Å². The monoisotopic (exact) mass is 366 g/mol. The van der Waals surface area contributed by atoms with Crippen LogP contribution in [-0.4, -0.2) is 21.1 Å². The van der Waals surface area contributed by atoms with E-state index in [2.05, 4.69) is 31.2 Å². The number of aromatic nitrogens is 3. The van der Waals surface area contributed by atoms with Gasteiger partial charge in [0.05, 0.1) is 12.5 Å². The molecule has 8 heteroatoms. The van der Waals surface area contributed by atoms with E-state index in [9.17, 15) is 4.39 Å². The van der Waals surface area contributed by atoms with Crippen molar-refractivity contribution in [2.45, 2.75) is 0 Å². The number of aromatic amines is 1. The van der Waals surface area contributed by atoms with E-state index in [0.717, 1.165) is 4.47 Å². The summed E-state index contributed by atoms with van der Waals surface area (Å²) >= 11 is 8.39. The van der Waals surface area contributed by atoms with Crippen molar-refractivity contribution < 1.29 is 8.81 Å². The Morgan fingerprint density at radius 1 is 1.43 bits per heavy atom. The molecule has 0 bridgehead atoms. The number of benzene rings is 1. The Morgan fingerprint density at radius 3 is 3.05 bits per heavy atom. The Kier molecular flexibility index (Phi) is 3.80. The Bertz CT molecular complexity index is 853. The summed E-state index contributed by atoms with van der Waals surface area (Å²) in [5.41, 5.74) is 0.331. The molecule has 0 fully saturated rings. The molecule has 0 saturated carbocycles. The number of H-pyrrole nitrogens is 1. The lowest BCUT2D eigenvalue weighted by atomic mass is 10.2. The number of nitrogens with one attached hydrogen (secondary N) is 1. The number of hydrogen-bond donors (Lipinski definition) is 1. The lowest BCUT2D eigenvalue weighted by Crippen LogP contribution is -1.96. The normalized spacial score (nSPS) is 11.3. The van der Waals surface area contributed by atoms with Crippen LogP contribution in [0, 0.1) is 10.6 Å². The third kappa shape index (κ3) is 2.86. The van der Waals surface area contributed by atoms with Gasteiger partial charge in [-0.1, -0.05) is 15.9 Å². The molecule has 0 atom stereocenters. The summed E-state index contributed by atoms with van der Waals surface area (Å²) in [4.78, 5) is 0. The van der Waals surface area contributed by atoms with Gasteiger partial charge in [0.15, 0.2) is 5.76 Å². The van der Waals surface area contributed by atoms with Crippen molar-refractivity contribution in [2.75, 3.05) is 0 Å². The second-order valence-electron chi connectivity index (χ2n) is 4.05. The molecule has 2 heterocycles. The van der Waals surface area contributed by atoms with E-state index in [0.29, 0.717) is 17.1 Å². The smallest absolute Gasteiger partial charge is 0.219 e. The first-order valence-corrected chi connectivity index (χ1v) is 7.06. The van der Waals surface area contributed by atoms with Gasteiger partial charge in [0.25, 0.3) is 0 Å². The van der Waals surface area contributed by atoms with Gasteiger partial charge in [-0.25, -0.2) is 9.49 Å². The molecule has 0 aliphatic rings. The van der Waals surface area contributed by atoms with Gasteiger partial charge in [0.1, 0.15) is 5.82 Å². The minimum absolute atomic E-state index is 0.285. The first-order valence-electron chi connectivity index (χ1n) is 5.86. The zero-order chi connectivity index (χ0) is 14.8. The Morgan fingerprint density at radius 2 is 2.29 bits per heavy atom. The molecule has 0 spiro atoms. The summed E-state index contributed by atoms with van der Waals surface area (Å²) in [6, 6.07) is 8.05. The van der Waals surface area contributed by atoms with Crippen LogP contribution in [0.2, 0.25) is 0 Å². The molecule has 1 N–H and O–H groups in total. The van der Waals surface area contributed by atoms with Crippen LogP contribution in [0.15, 0.2) is 50.6 Å². The molecule has 2 aromatic heterocycles. The maximum absolute atomic E-state index is 13.7. The van der Waals surface area contributed by atoms with Gasteiger partial charge in [0, 0.05) is 10.0 Å². The van der Waals surface area contributed by atoms with Crippen molar-refractivity contribution in [1.29, 1.82) is 0 Å². The average molecular weight is 367 g/mol. The van der Waals surface area contributed by atoms with Gasteiger partial charge in [-0.15, -0.1) is 5.10 Å². The van der Waals surface area contributed by atoms with Crippen molar-refractivity contribution in [3.05, 3.63) is 57.2 Å². The predicted molar refractivity (Wildman–Crippen MR) is 82.2 cm³/mol. The highest BCUT2D eigenvalue weighted by molar-refractivity contribution is 9.10. The summed E-state index contributed by atoms with van der Waals surface area (Å²) in [6.45, 7) is 0. The Hall–Kier alpha value is -2.06. The molecule has 106 valence electrons. The fraction of sp³-hybridized carbons (Fsp3) is 0. The van der Waals surface area contributed by atoms with Crippen LogP contribution >= 0.6 is 28.1 Å². The van der Waals surface area contributed by atoms with Gasteiger partial charge < -0.3 is 4.42 Å². The fourth-order valence-corrected chi connectivity index (χ4v) is 2.26. The minimum atomic E-state index is -0.378. The largest absolute Gasteiger partial charge is 0.461 e. The summed E-state index contributed by atoms with van der Waals surface area (Å²) in [6.07, 6.45) is 2.90. The quantitative estimate of drug-likeness (QED) is 0.563. The molecule has 0 amide bonds. The molecule has 1 aromatic carbocycles. The molecule has 0 aliphatic carbocycles. The molecule has 0 radical (unpaired) electrons. The lowest BCUT2D eigenvalue weighted by Gasteiger charge is -1.99. The molecular weight excluding hydrogens is 359 g/mol. The number of nitrogens with zero attached hydrogens (tertiary/aromatic N) is 3. The Labute approximate surface area is 132 Å². The van der Waals surface area contributed by atoms with Gasteiger partial charge in [-0.05, 0) is 42.5 Å². The summed E-state index contributed by atoms with van der Waals surface area (Å²) < 4.78 is 21.4. The van der Waals surface area contributed by atoms with Gasteiger partial charge in [-0.2, -0.15) is 9.78 Å². The minimum Gasteiger partial charge on any atom is -0.461 e. The third-order valence-electron chi connectivity index (χ3n) is 2.66. The molecule has 21 heavy (non-hydrogen) atoms. The van der Waals surface area contributed by atoms with Gasteiger partial charge in [-0.3, -0.25) is 0 Å². The highest BCUT2D eigenvalue weighted by Gasteiger charge is 2.10. The summed E-state index contributed by atoms with van der Waals surface area (Å²) in [7, 11) is 0. The average Bonchev–Trinajstić information content (AvgIpc) is 3.09. The van der Waals surface area contributed by atoms with Crippen molar-refractivity contribution in [3.63, 3.8) is 0 Å². The van der Waals surface area contributed by atoms with Crippen LogP contribution in [0.4, 0.5) is 4.39 Å². The van der Waals surface area contributed by atoms with Crippen molar-refractivity contribution in [1.82, 2.24) is 14.9 Å². The van der Waals surface area contributed by atoms with E-state index in [1.54, 1.807) is 24.3 Å².